The summed E-state index contributed by atoms with van der Waals surface area (Å²) >= 11 is 0. The third-order valence-corrected chi connectivity index (χ3v) is 7.80. The molecule has 166 valence electrons. The van der Waals surface area contributed by atoms with Gasteiger partial charge in [0.15, 0.2) is 0 Å². The molecule has 29 heavy (non-hydrogen) atoms. The van der Waals surface area contributed by atoms with Crippen LogP contribution in [0.2, 0.25) is 0 Å². The molecule has 0 aromatic rings. The Balaban J connectivity index is 1.74. The van der Waals surface area contributed by atoms with Crippen molar-refractivity contribution in [1.82, 2.24) is 0 Å². The van der Waals surface area contributed by atoms with Gasteiger partial charge in [-0.05, 0) is 69.6 Å². The molecule has 1 heterocycles. The maximum atomic E-state index is 12.6. The van der Waals surface area contributed by atoms with Gasteiger partial charge in [0, 0.05) is 12.5 Å². The molecule has 1 saturated heterocycles. The van der Waals surface area contributed by atoms with Gasteiger partial charge in [0.25, 0.3) is 0 Å². The summed E-state index contributed by atoms with van der Waals surface area (Å²) < 4.78 is 11.8. The summed E-state index contributed by atoms with van der Waals surface area (Å²) in [5, 5.41) is 9.88. The monoisotopic (exact) mass is 407 g/mol. The highest BCUT2D eigenvalue weighted by Crippen LogP contribution is 2.49. The second-order valence-corrected chi connectivity index (χ2v) is 9.78. The quantitative estimate of drug-likeness (QED) is 0.514. The molecule has 1 aliphatic heterocycles. The van der Waals surface area contributed by atoms with Crippen LogP contribution >= 0.6 is 0 Å². The molecule has 0 aromatic carbocycles. The maximum absolute atomic E-state index is 12.6. The second-order valence-electron chi connectivity index (χ2n) is 9.78. The van der Waals surface area contributed by atoms with E-state index in [1.165, 1.54) is 6.42 Å². The first-order valence-corrected chi connectivity index (χ1v) is 11.8. The molecular formula is C24H41NO4. The highest BCUT2D eigenvalue weighted by molar-refractivity contribution is 5.72. The molecule has 3 aliphatic rings. The first kappa shape index (κ1) is 22.8. The van der Waals surface area contributed by atoms with Crippen molar-refractivity contribution in [1.29, 1.82) is 0 Å². The van der Waals surface area contributed by atoms with Gasteiger partial charge in [-0.3, -0.25) is 4.79 Å². The van der Waals surface area contributed by atoms with Gasteiger partial charge in [-0.2, -0.15) is 0 Å². The lowest BCUT2D eigenvalue weighted by Gasteiger charge is -2.55. The van der Waals surface area contributed by atoms with Crippen molar-refractivity contribution in [3.05, 3.63) is 12.2 Å². The van der Waals surface area contributed by atoms with E-state index in [9.17, 15) is 9.90 Å². The minimum atomic E-state index is -0.484. The van der Waals surface area contributed by atoms with Crippen molar-refractivity contribution < 1.29 is 19.4 Å². The average Bonchev–Trinajstić information content (AvgIpc) is 2.70. The van der Waals surface area contributed by atoms with Gasteiger partial charge < -0.3 is 20.3 Å². The van der Waals surface area contributed by atoms with Gasteiger partial charge in [0.05, 0.1) is 23.7 Å². The molecule has 1 unspecified atom stereocenters. The summed E-state index contributed by atoms with van der Waals surface area (Å²) in [6.07, 6.45) is 12.5. The van der Waals surface area contributed by atoms with E-state index in [0.717, 1.165) is 44.9 Å². The molecule has 3 fully saturated rings. The third kappa shape index (κ3) is 5.05. The molecule has 0 radical (unpaired) electrons. The number of rotatable bonds is 6. The fourth-order valence-corrected chi connectivity index (χ4v) is 5.67. The van der Waals surface area contributed by atoms with Gasteiger partial charge in [-0.25, -0.2) is 0 Å². The van der Waals surface area contributed by atoms with Crippen LogP contribution in [0, 0.1) is 23.7 Å². The van der Waals surface area contributed by atoms with Crippen molar-refractivity contribution in [2.45, 2.75) is 102 Å². The first-order chi connectivity index (χ1) is 13.9. The molecule has 2 aliphatic carbocycles. The smallest absolute Gasteiger partial charge is 0.308 e. The number of hydrogen-bond acceptors (Lipinski definition) is 5. The van der Waals surface area contributed by atoms with Gasteiger partial charge in [-0.15, -0.1) is 0 Å². The summed E-state index contributed by atoms with van der Waals surface area (Å²) in [6.45, 7) is 6.87. The summed E-state index contributed by atoms with van der Waals surface area (Å²) in [7, 11) is 0. The lowest BCUT2D eigenvalue weighted by Crippen LogP contribution is -2.67. The summed E-state index contributed by atoms with van der Waals surface area (Å²) in [5.74, 6) is 0.889. The van der Waals surface area contributed by atoms with E-state index in [1.807, 2.05) is 13.8 Å². The number of aliphatic hydroxyl groups is 1. The number of carbonyl (C=O) groups is 1. The van der Waals surface area contributed by atoms with Crippen molar-refractivity contribution in [3.8, 4) is 0 Å². The third-order valence-electron chi connectivity index (χ3n) is 7.80. The van der Waals surface area contributed by atoms with E-state index in [1.54, 1.807) is 0 Å². The highest BCUT2D eigenvalue weighted by Gasteiger charge is 2.54. The summed E-state index contributed by atoms with van der Waals surface area (Å²) in [6, 6.07) is 0. The Kier molecular flexibility index (Phi) is 7.80. The highest BCUT2D eigenvalue weighted by atomic mass is 16.5. The summed E-state index contributed by atoms with van der Waals surface area (Å²) in [5.41, 5.74) is 6.69. The summed E-state index contributed by atoms with van der Waals surface area (Å²) in [4.78, 5) is 12.6. The number of esters is 1. The SMILES string of the molecule is CC[C@H](C)C(=O)O[C@H]1CCCC2CC[C@H](C)[C@H](C=CC[C@@H]3C[C@@H](O)CCO3)[C@]21N. The van der Waals surface area contributed by atoms with Crippen LogP contribution in [0.5, 0.6) is 0 Å². The fraction of sp³-hybridized carbons (Fsp3) is 0.875. The minimum Gasteiger partial charge on any atom is -0.460 e. The Morgan fingerprint density at radius 3 is 2.83 bits per heavy atom. The molecule has 3 N–H and O–H groups in total. The normalized spacial score (nSPS) is 41.7. The molecular weight excluding hydrogens is 366 g/mol. The molecule has 5 nitrogen and oxygen atoms in total. The van der Waals surface area contributed by atoms with Crippen LogP contribution in [-0.4, -0.2) is 41.5 Å². The molecule has 8 atom stereocenters. The standard InChI is InChI=1S/C24H41NO4/c1-4-16(2)23(27)29-22-10-5-7-18-12-11-17(3)21(24(18,22)25)9-6-8-20-15-19(26)13-14-28-20/h6,9,16-22,26H,4-5,7-8,10-15,25H2,1-3H3/t16-,17-,18?,19-,20+,21-,22-,24+/m0/s1. The van der Waals surface area contributed by atoms with Crippen LogP contribution in [0.25, 0.3) is 0 Å². The van der Waals surface area contributed by atoms with Crippen LogP contribution < -0.4 is 5.73 Å². The van der Waals surface area contributed by atoms with Crippen LogP contribution in [0.1, 0.15) is 78.6 Å². The second kappa shape index (κ2) is 9.93. The topological polar surface area (TPSA) is 81.8 Å². The van der Waals surface area contributed by atoms with E-state index < -0.39 is 5.54 Å². The van der Waals surface area contributed by atoms with Crippen molar-refractivity contribution in [3.63, 3.8) is 0 Å². The van der Waals surface area contributed by atoms with Crippen molar-refractivity contribution in [2.24, 2.45) is 29.4 Å². The lowest BCUT2D eigenvalue weighted by molar-refractivity contribution is -0.166. The van der Waals surface area contributed by atoms with Crippen LogP contribution in [-0.2, 0) is 14.3 Å². The van der Waals surface area contributed by atoms with Gasteiger partial charge in [0.2, 0.25) is 0 Å². The van der Waals surface area contributed by atoms with Crippen LogP contribution in [0.15, 0.2) is 12.2 Å². The van der Waals surface area contributed by atoms with Gasteiger partial charge in [-0.1, -0.05) is 32.9 Å². The number of carbonyl (C=O) groups excluding carboxylic acids is 1. The predicted octanol–water partition coefficient (Wildman–Crippen LogP) is 3.97. The van der Waals surface area contributed by atoms with Crippen molar-refractivity contribution in [2.75, 3.05) is 6.61 Å². The van der Waals surface area contributed by atoms with E-state index in [2.05, 4.69) is 19.1 Å². The molecule has 5 heteroatoms. The predicted molar refractivity (Wildman–Crippen MR) is 114 cm³/mol. The first-order valence-electron chi connectivity index (χ1n) is 11.8. The number of fused-ring (bicyclic) bond motifs is 1. The average molecular weight is 408 g/mol. The van der Waals surface area contributed by atoms with Gasteiger partial charge in [0.1, 0.15) is 6.10 Å². The van der Waals surface area contributed by atoms with E-state index in [-0.39, 0.29) is 36.1 Å². The molecule has 0 bridgehead atoms. The molecule has 0 aromatic heterocycles. The number of hydrogen-bond donors (Lipinski definition) is 2. The molecule has 0 spiro atoms. The van der Waals surface area contributed by atoms with Crippen LogP contribution in [0.4, 0.5) is 0 Å². The zero-order valence-corrected chi connectivity index (χ0v) is 18.5. The number of ether oxygens (including phenoxy) is 2. The Morgan fingerprint density at radius 2 is 2.10 bits per heavy atom. The molecule has 2 saturated carbocycles. The van der Waals surface area contributed by atoms with E-state index >= 15 is 0 Å². The van der Waals surface area contributed by atoms with Crippen molar-refractivity contribution >= 4 is 5.97 Å². The number of aliphatic hydroxyl groups excluding tert-OH is 1. The Morgan fingerprint density at radius 1 is 1.31 bits per heavy atom. The zero-order valence-electron chi connectivity index (χ0n) is 18.5. The van der Waals surface area contributed by atoms with Crippen LogP contribution in [0.3, 0.4) is 0 Å². The Bertz CT molecular complexity index is 579. The van der Waals surface area contributed by atoms with E-state index in [4.69, 9.17) is 15.2 Å². The Labute approximate surface area is 176 Å². The lowest BCUT2D eigenvalue weighted by atomic mass is 9.56. The van der Waals surface area contributed by atoms with E-state index in [0.29, 0.717) is 24.9 Å². The maximum Gasteiger partial charge on any atom is 0.308 e. The van der Waals surface area contributed by atoms with Gasteiger partial charge >= 0.3 is 5.97 Å². The number of nitrogens with two attached hydrogens (primary N) is 1. The molecule has 0 amide bonds. The minimum absolute atomic E-state index is 0.0798. The largest absolute Gasteiger partial charge is 0.460 e. The zero-order chi connectivity index (χ0) is 21.0. The Hall–Kier alpha value is -0.910. The molecule has 3 rings (SSSR count). The fourth-order valence-electron chi connectivity index (χ4n) is 5.67.